The van der Waals surface area contributed by atoms with Crippen molar-refractivity contribution in [3.05, 3.63) is 33.3 Å². The summed E-state index contributed by atoms with van der Waals surface area (Å²) in [5, 5.41) is 19.0. The third-order valence-corrected chi connectivity index (χ3v) is 4.74. The van der Waals surface area contributed by atoms with Crippen molar-refractivity contribution in [3.8, 4) is 0 Å². The highest BCUT2D eigenvalue weighted by Crippen LogP contribution is 2.23. The molecule has 0 aromatic heterocycles. The predicted octanol–water partition coefficient (Wildman–Crippen LogP) is 2.50. The summed E-state index contributed by atoms with van der Waals surface area (Å²) < 4.78 is 0.780. The first kappa shape index (κ1) is 16.0. The van der Waals surface area contributed by atoms with Gasteiger partial charge in [0.2, 0.25) is 5.91 Å². The van der Waals surface area contributed by atoms with E-state index in [1.807, 2.05) is 0 Å². The van der Waals surface area contributed by atoms with E-state index in [1.54, 1.807) is 18.2 Å². The summed E-state index contributed by atoms with van der Waals surface area (Å²) in [4.78, 5) is 22.1. The summed E-state index contributed by atoms with van der Waals surface area (Å²) in [7, 11) is 0. The van der Waals surface area contributed by atoms with Crippen molar-refractivity contribution in [1.82, 2.24) is 5.32 Å². The molecule has 1 aromatic rings. The van der Waals surface area contributed by atoms with Crippen LogP contribution in [0.2, 0.25) is 5.02 Å². The van der Waals surface area contributed by atoms with Crippen LogP contribution < -0.4 is 5.32 Å². The Morgan fingerprint density at radius 3 is 3.00 bits per heavy atom. The maximum Gasteiger partial charge on any atom is 0.305 e. The number of hydrogen-bond donors (Lipinski definition) is 2. The van der Waals surface area contributed by atoms with Gasteiger partial charge in [-0.05, 0) is 33.6 Å². The molecule has 21 heavy (non-hydrogen) atoms. The number of carboxylic acids is 1. The molecule has 2 rings (SSSR count). The van der Waals surface area contributed by atoms with Crippen LogP contribution in [0, 0.1) is 0 Å². The van der Waals surface area contributed by atoms with Gasteiger partial charge in [-0.15, -0.1) is 5.10 Å². The first-order chi connectivity index (χ1) is 9.95. The largest absolute Gasteiger partial charge is 0.481 e. The van der Waals surface area contributed by atoms with Crippen LogP contribution in [0.1, 0.15) is 12.0 Å². The fourth-order valence-electron chi connectivity index (χ4n) is 1.49. The monoisotopic (exact) mass is 389 g/mol. The molecule has 1 fully saturated rings. The number of halogens is 2. The normalized spacial score (nSPS) is 20.2. The molecule has 1 saturated heterocycles. The lowest BCUT2D eigenvalue weighted by molar-refractivity contribution is -0.138. The van der Waals surface area contributed by atoms with Crippen LogP contribution >= 0.6 is 39.3 Å². The molecule has 1 atom stereocenters. The minimum atomic E-state index is -1.03. The van der Waals surface area contributed by atoms with Crippen LogP contribution in [-0.4, -0.2) is 33.6 Å². The first-order valence-corrected chi connectivity index (χ1v) is 7.76. The van der Waals surface area contributed by atoms with Crippen molar-refractivity contribution in [2.24, 2.45) is 10.2 Å². The number of amidine groups is 1. The number of rotatable bonds is 4. The standard InChI is InChI=1S/C12H9BrClN3O3S/c13-7-2-1-6(3-8(7)14)5-15-17-12-16-11(20)9(21-12)4-10(18)19/h1-3,5,9H,4H2,(H,18,19)(H,16,17,20). The highest BCUT2D eigenvalue weighted by molar-refractivity contribution is 9.10. The summed E-state index contributed by atoms with van der Waals surface area (Å²) in [6, 6.07) is 5.29. The first-order valence-electron chi connectivity index (χ1n) is 5.71. The van der Waals surface area contributed by atoms with Crippen LogP contribution in [0.25, 0.3) is 0 Å². The lowest BCUT2D eigenvalue weighted by Crippen LogP contribution is -2.26. The van der Waals surface area contributed by atoms with Gasteiger partial charge in [0.25, 0.3) is 0 Å². The van der Waals surface area contributed by atoms with E-state index in [-0.39, 0.29) is 17.5 Å². The number of carbonyl (C=O) groups excluding carboxylic acids is 1. The molecule has 0 saturated carbocycles. The molecule has 0 spiro atoms. The van der Waals surface area contributed by atoms with Crippen LogP contribution in [0.3, 0.4) is 0 Å². The van der Waals surface area contributed by atoms with Gasteiger partial charge in [0, 0.05) is 4.47 Å². The summed E-state index contributed by atoms with van der Waals surface area (Å²) >= 11 is 10.3. The Bertz CT molecular complexity index is 651. The topological polar surface area (TPSA) is 91.1 Å². The summed E-state index contributed by atoms with van der Waals surface area (Å²) in [6.45, 7) is 0. The lowest BCUT2D eigenvalue weighted by atomic mass is 10.2. The van der Waals surface area contributed by atoms with E-state index in [0.717, 1.165) is 21.8 Å². The molecule has 0 aliphatic carbocycles. The van der Waals surface area contributed by atoms with Gasteiger partial charge in [0.15, 0.2) is 5.17 Å². The number of thioether (sulfide) groups is 1. The maximum atomic E-state index is 11.5. The zero-order valence-electron chi connectivity index (χ0n) is 10.4. The highest BCUT2D eigenvalue weighted by atomic mass is 79.9. The van der Waals surface area contributed by atoms with E-state index < -0.39 is 11.2 Å². The van der Waals surface area contributed by atoms with Gasteiger partial charge >= 0.3 is 5.97 Å². The van der Waals surface area contributed by atoms with Gasteiger partial charge in [-0.1, -0.05) is 29.4 Å². The molecule has 1 aliphatic heterocycles. The Labute approximate surface area is 137 Å². The van der Waals surface area contributed by atoms with Crippen LogP contribution in [0.4, 0.5) is 0 Å². The molecular formula is C12H9BrClN3O3S. The molecule has 1 aliphatic rings. The fraction of sp³-hybridized carbons (Fsp3) is 0.167. The Balaban J connectivity index is 2.01. The van der Waals surface area contributed by atoms with Crippen LogP contribution in [-0.2, 0) is 9.59 Å². The molecule has 6 nitrogen and oxygen atoms in total. The Kier molecular flexibility index (Phi) is 5.38. The third kappa shape index (κ3) is 4.55. The van der Waals surface area contributed by atoms with Crippen molar-refractivity contribution in [2.45, 2.75) is 11.7 Å². The van der Waals surface area contributed by atoms with Gasteiger partial charge < -0.3 is 10.4 Å². The summed E-state index contributed by atoms with van der Waals surface area (Å²) in [5.74, 6) is -1.40. The number of carbonyl (C=O) groups is 2. The molecule has 1 amide bonds. The van der Waals surface area contributed by atoms with Crippen LogP contribution in [0.5, 0.6) is 0 Å². The number of carboxylic acid groups (broad SMARTS) is 1. The van der Waals surface area contributed by atoms with Crippen molar-refractivity contribution in [2.75, 3.05) is 0 Å². The van der Waals surface area contributed by atoms with Crippen molar-refractivity contribution < 1.29 is 14.7 Å². The lowest BCUT2D eigenvalue weighted by Gasteiger charge is -1.98. The second-order valence-electron chi connectivity index (χ2n) is 4.02. The van der Waals surface area contributed by atoms with Crippen molar-refractivity contribution >= 4 is 62.6 Å². The predicted molar refractivity (Wildman–Crippen MR) is 86.0 cm³/mol. The minimum Gasteiger partial charge on any atom is -0.481 e. The average molecular weight is 391 g/mol. The van der Waals surface area contributed by atoms with Gasteiger partial charge in [0.05, 0.1) is 17.7 Å². The molecule has 110 valence electrons. The number of hydrogen-bond acceptors (Lipinski definition) is 5. The second kappa shape index (κ2) is 7.06. The second-order valence-corrected chi connectivity index (χ2v) is 6.47. The van der Waals surface area contributed by atoms with Gasteiger partial charge in [-0.2, -0.15) is 5.10 Å². The number of nitrogens with one attached hydrogen (secondary N) is 1. The van der Waals surface area contributed by atoms with E-state index in [0.29, 0.717) is 5.02 Å². The quantitative estimate of drug-likeness (QED) is 0.610. The SMILES string of the molecule is O=C(O)CC1SC(=NN=Cc2ccc(Br)c(Cl)c2)NC1=O. The molecular weight excluding hydrogens is 382 g/mol. The van der Waals surface area contributed by atoms with E-state index in [4.69, 9.17) is 16.7 Å². The van der Waals surface area contributed by atoms with Crippen molar-refractivity contribution in [3.63, 3.8) is 0 Å². The smallest absolute Gasteiger partial charge is 0.305 e. The molecule has 1 unspecified atom stereocenters. The number of benzene rings is 1. The molecule has 1 heterocycles. The Hall–Kier alpha value is -1.38. The third-order valence-electron chi connectivity index (χ3n) is 2.44. The summed E-state index contributed by atoms with van der Waals surface area (Å²) in [6.07, 6.45) is 1.24. The Morgan fingerprint density at radius 2 is 2.33 bits per heavy atom. The van der Waals surface area contributed by atoms with E-state index in [2.05, 4.69) is 31.4 Å². The highest BCUT2D eigenvalue weighted by Gasteiger charge is 2.32. The van der Waals surface area contributed by atoms with E-state index in [9.17, 15) is 9.59 Å². The van der Waals surface area contributed by atoms with Gasteiger partial charge in [-0.3, -0.25) is 9.59 Å². The average Bonchev–Trinajstić information content (AvgIpc) is 2.73. The zero-order chi connectivity index (χ0) is 15.4. The zero-order valence-corrected chi connectivity index (χ0v) is 13.6. The molecule has 0 radical (unpaired) electrons. The number of amides is 1. The van der Waals surface area contributed by atoms with Gasteiger partial charge in [-0.25, -0.2) is 0 Å². The van der Waals surface area contributed by atoms with Crippen molar-refractivity contribution in [1.29, 1.82) is 0 Å². The summed E-state index contributed by atoms with van der Waals surface area (Å²) in [5.41, 5.74) is 0.754. The molecule has 2 N–H and O–H groups in total. The number of nitrogens with zero attached hydrogens (tertiary/aromatic N) is 2. The Morgan fingerprint density at radius 1 is 1.57 bits per heavy atom. The van der Waals surface area contributed by atoms with Crippen LogP contribution in [0.15, 0.2) is 32.9 Å². The van der Waals surface area contributed by atoms with E-state index in [1.165, 1.54) is 6.21 Å². The molecule has 9 heteroatoms. The number of aliphatic carboxylic acids is 1. The molecule has 1 aromatic carbocycles. The molecule has 0 bridgehead atoms. The maximum absolute atomic E-state index is 11.5. The minimum absolute atomic E-state index is 0.248. The van der Waals surface area contributed by atoms with E-state index >= 15 is 0 Å². The van der Waals surface area contributed by atoms with Gasteiger partial charge in [0.1, 0.15) is 5.25 Å². The fourth-order valence-corrected chi connectivity index (χ4v) is 2.84.